The topological polar surface area (TPSA) is 51.8 Å². The largest absolute Gasteiger partial charge is 0.456 e. The van der Waals surface area contributed by atoms with E-state index in [1.54, 1.807) is 0 Å². The third kappa shape index (κ3) is 6.53. The lowest BCUT2D eigenvalue weighted by Crippen LogP contribution is -2.00. The van der Waals surface area contributed by atoms with Gasteiger partial charge in [0.05, 0.1) is 0 Å². The molecule has 2 aromatic heterocycles. The van der Waals surface area contributed by atoms with E-state index in [9.17, 15) is 0 Å². The zero-order valence-corrected chi connectivity index (χ0v) is 32.0. The van der Waals surface area contributed by atoms with E-state index in [1.807, 2.05) is 18.2 Å². The molecular formula is C55H35N3O. The van der Waals surface area contributed by atoms with Gasteiger partial charge in [0.25, 0.3) is 0 Å². The Bertz CT molecular complexity index is 3300. The molecule has 276 valence electrons. The van der Waals surface area contributed by atoms with E-state index in [4.69, 9.17) is 19.4 Å². The lowest BCUT2D eigenvalue weighted by molar-refractivity contribution is 0.669. The van der Waals surface area contributed by atoms with Crippen LogP contribution in [0.5, 0.6) is 0 Å². The number of fused-ring (bicyclic) bond motifs is 4. The van der Waals surface area contributed by atoms with E-state index < -0.39 is 0 Å². The molecule has 0 N–H and O–H groups in total. The first-order chi connectivity index (χ1) is 29.2. The molecule has 0 bridgehead atoms. The van der Waals surface area contributed by atoms with Gasteiger partial charge < -0.3 is 4.42 Å². The number of aromatic nitrogens is 3. The van der Waals surface area contributed by atoms with Crippen LogP contribution in [0.3, 0.4) is 0 Å². The van der Waals surface area contributed by atoms with Crippen molar-refractivity contribution in [3.8, 4) is 78.7 Å². The molecule has 4 heteroatoms. The molecule has 11 rings (SSSR count). The van der Waals surface area contributed by atoms with Crippen molar-refractivity contribution in [1.29, 1.82) is 0 Å². The molecule has 0 saturated carbocycles. The van der Waals surface area contributed by atoms with Crippen LogP contribution in [-0.4, -0.2) is 15.0 Å². The fraction of sp³-hybridized carbons (Fsp3) is 0. The van der Waals surface area contributed by atoms with Crippen LogP contribution in [0.25, 0.3) is 111 Å². The summed E-state index contributed by atoms with van der Waals surface area (Å²) in [4.78, 5) is 15.3. The van der Waals surface area contributed by atoms with Gasteiger partial charge in [-0.25, -0.2) is 15.0 Å². The summed E-state index contributed by atoms with van der Waals surface area (Å²) >= 11 is 0. The van der Waals surface area contributed by atoms with Gasteiger partial charge >= 0.3 is 0 Å². The van der Waals surface area contributed by atoms with Crippen LogP contribution in [0.2, 0.25) is 0 Å². The van der Waals surface area contributed by atoms with E-state index in [0.717, 1.165) is 72.0 Å². The maximum Gasteiger partial charge on any atom is 0.164 e. The van der Waals surface area contributed by atoms with Gasteiger partial charge in [-0.15, -0.1) is 0 Å². The molecule has 0 spiro atoms. The van der Waals surface area contributed by atoms with Crippen molar-refractivity contribution < 1.29 is 4.42 Å². The van der Waals surface area contributed by atoms with Crippen LogP contribution in [0.1, 0.15) is 0 Å². The van der Waals surface area contributed by atoms with E-state index in [1.165, 1.54) is 21.9 Å². The minimum atomic E-state index is 0.578. The lowest BCUT2D eigenvalue weighted by atomic mass is 9.96. The van der Waals surface area contributed by atoms with Gasteiger partial charge in [-0.1, -0.05) is 182 Å². The predicted octanol–water partition coefficient (Wildman–Crippen LogP) is 14.6. The molecule has 4 nitrogen and oxygen atoms in total. The summed E-state index contributed by atoms with van der Waals surface area (Å²) in [5, 5.41) is 4.57. The molecule has 0 atom stereocenters. The summed E-state index contributed by atoms with van der Waals surface area (Å²) in [5.41, 5.74) is 13.5. The fourth-order valence-electron chi connectivity index (χ4n) is 8.09. The Morgan fingerprint density at radius 1 is 0.271 bits per heavy atom. The number of benzene rings is 9. The molecule has 0 amide bonds. The average Bonchev–Trinajstić information content (AvgIpc) is 3.70. The summed E-state index contributed by atoms with van der Waals surface area (Å²) < 4.78 is 6.59. The van der Waals surface area contributed by atoms with Crippen molar-refractivity contribution in [2.45, 2.75) is 0 Å². The van der Waals surface area contributed by atoms with Gasteiger partial charge in [-0.2, -0.15) is 0 Å². The molecule has 0 saturated heterocycles. The SMILES string of the molecule is c1ccc(-c2ccc(-c3nc(-c4ccc(-c5ccc6ccccc6c5)cc4)nc(-c4ccc5c(c4)oc4cccc(-c6cccc(-c7ccccc7)c6)c45)n3)cc2)cc1. The Morgan fingerprint density at radius 3 is 1.44 bits per heavy atom. The van der Waals surface area contributed by atoms with Crippen molar-refractivity contribution in [2.24, 2.45) is 0 Å². The summed E-state index contributed by atoms with van der Waals surface area (Å²) in [7, 11) is 0. The monoisotopic (exact) mass is 753 g/mol. The average molecular weight is 754 g/mol. The smallest absolute Gasteiger partial charge is 0.164 e. The first-order valence-corrected chi connectivity index (χ1v) is 19.8. The van der Waals surface area contributed by atoms with Gasteiger partial charge in [0.2, 0.25) is 0 Å². The van der Waals surface area contributed by atoms with Crippen molar-refractivity contribution in [3.63, 3.8) is 0 Å². The Kier molecular flexibility index (Phi) is 8.45. The highest BCUT2D eigenvalue weighted by Crippen LogP contribution is 2.39. The van der Waals surface area contributed by atoms with Gasteiger partial charge in [0, 0.05) is 27.5 Å². The van der Waals surface area contributed by atoms with E-state index >= 15 is 0 Å². The van der Waals surface area contributed by atoms with E-state index in [-0.39, 0.29) is 0 Å². The first-order valence-electron chi connectivity index (χ1n) is 19.8. The van der Waals surface area contributed by atoms with Gasteiger partial charge in [-0.05, 0) is 85.6 Å². The van der Waals surface area contributed by atoms with Crippen LogP contribution in [-0.2, 0) is 0 Å². The number of furan rings is 1. The molecule has 9 aromatic carbocycles. The Morgan fingerprint density at radius 2 is 0.746 bits per heavy atom. The molecule has 0 unspecified atom stereocenters. The van der Waals surface area contributed by atoms with Gasteiger partial charge in [0.15, 0.2) is 17.5 Å². The summed E-state index contributed by atoms with van der Waals surface area (Å²) in [6, 6.07) is 74.1. The normalized spacial score (nSPS) is 11.4. The zero-order chi connectivity index (χ0) is 39.1. The van der Waals surface area contributed by atoms with Gasteiger partial charge in [-0.3, -0.25) is 0 Å². The summed E-state index contributed by atoms with van der Waals surface area (Å²) in [6.45, 7) is 0. The highest BCUT2D eigenvalue weighted by Gasteiger charge is 2.17. The molecule has 0 radical (unpaired) electrons. The molecule has 59 heavy (non-hydrogen) atoms. The Balaban J connectivity index is 1.00. The van der Waals surface area contributed by atoms with Crippen LogP contribution < -0.4 is 0 Å². The maximum atomic E-state index is 6.59. The minimum Gasteiger partial charge on any atom is -0.456 e. The minimum absolute atomic E-state index is 0.578. The quantitative estimate of drug-likeness (QED) is 0.163. The molecule has 0 fully saturated rings. The van der Waals surface area contributed by atoms with Crippen molar-refractivity contribution in [3.05, 3.63) is 212 Å². The molecule has 11 aromatic rings. The highest BCUT2D eigenvalue weighted by molar-refractivity contribution is 6.13. The molecule has 0 aliphatic rings. The van der Waals surface area contributed by atoms with Crippen molar-refractivity contribution in [1.82, 2.24) is 15.0 Å². The van der Waals surface area contributed by atoms with Crippen LogP contribution in [0.15, 0.2) is 217 Å². The second-order valence-electron chi connectivity index (χ2n) is 14.8. The number of nitrogens with zero attached hydrogens (tertiary/aromatic N) is 3. The van der Waals surface area contributed by atoms with E-state index in [2.05, 4.69) is 194 Å². The second kappa shape index (κ2) is 14.5. The van der Waals surface area contributed by atoms with E-state index in [0.29, 0.717) is 17.5 Å². The standard InChI is InChI=1S/C55H35N3O/c1-3-11-36(12-4-1)39-21-26-41(27-22-39)53-56-54(42-28-23-40(24-29-42)45-30-25-38-15-7-8-16-43(38)33-45)58-55(57-53)47-31-32-49-51(35-47)59-50-20-10-19-48(52(49)50)46-18-9-17-44(34-46)37-13-5-2-6-14-37/h1-35H. The molecule has 2 heterocycles. The number of hydrogen-bond acceptors (Lipinski definition) is 4. The van der Waals surface area contributed by atoms with Crippen molar-refractivity contribution >= 4 is 32.7 Å². The van der Waals surface area contributed by atoms with Crippen LogP contribution in [0.4, 0.5) is 0 Å². The lowest BCUT2D eigenvalue weighted by Gasteiger charge is -2.10. The Labute approximate surface area is 341 Å². The summed E-state index contributed by atoms with van der Waals surface area (Å²) in [5.74, 6) is 1.79. The first kappa shape index (κ1) is 34.3. The third-order valence-corrected chi connectivity index (χ3v) is 11.1. The fourth-order valence-corrected chi connectivity index (χ4v) is 8.09. The van der Waals surface area contributed by atoms with Crippen LogP contribution in [0, 0.1) is 0 Å². The molecule has 0 aliphatic heterocycles. The second-order valence-corrected chi connectivity index (χ2v) is 14.8. The summed E-state index contributed by atoms with van der Waals surface area (Å²) in [6.07, 6.45) is 0. The zero-order valence-electron chi connectivity index (χ0n) is 32.0. The van der Waals surface area contributed by atoms with Crippen molar-refractivity contribution in [2.75, 3.05) is 0 Å². The Hall–Kier alpha value is -7.95. The molecule has 0 aliphatic carbocycles. The maximum absolute atomic E-state index is 6.59. The third-order valence-electron chi connectivity index (χ3n) is 11.1. The predicted molar refractivity (Wildman–Crippen MR) is 243 cm³/mol. The molecular weight excluding hydrogens is 719 g/mol. The number of rotatable bonds is 7. The number of hydrogen-bond donors (Lipinski definition) is 0. The van der Waals surface area contributed by atoms with Gasteiger partial charge in [0.1, 0.15) is 11.2 Å². The highest BCUT2D eigenvalue weighted by atomic mass is 16.3. The van der Waals surface area contributed by atoms with Crippen LogP contribution >= 0.6 is 0 Å².